The maximum Gasteiger partial charge on any atom is 0.417 e. The molecule has 5 rings (SSSR count). The number of anilines is 1. The number of benzene rings is 1. The van der Waals surface area contributed by atoms with Crippen LogP contribution in [0.2, 0.25) is 0 Å². The van der Waals surface area contributed by atoms with Crippen LogP contribution in [0.1, 0.15) is 30.4 Å². The van der Waals surface area contributed by atoms with Gasteiger partial charge in [-0.15, -0.1) is 0 Å². The van der Waals surface area contributed by atoms with Crippen molar-refractivity contribution in [2.24, 2.45) is 0 Å². The van der Waals surface area contributed by atoms with Crippen LogP contribution < -0.4 is 5.32 Å². The van der Waals surface area contributed by atoms with E-state index in [1.165, 1.54) is 18.3 Å². The summed E-state index contributed by atoms with van der Waals surface area (Å²) in [6, 6.07) is 6.94. The van der Waals surface area contributed by atoms with Crippen molar-refractivity contribution >= 4 is 11.7 Å². The Morgan fingerprint density at radius 1 is 1.16 bits per heavy atom. The number of nitrogens with zero attached hydrogens (tertiary/aromatic N) is 3. The number of pyridine rings is 1. The topological polar surface area (TPSA) is 80.7 Å². The maximum absolute atomic E-state index is 14.7. The SMILES string of the molecule is N=C(c1cccc(F)c1-c1ncc[nH]1)N1C2CCC1C(Nc1ccc(C(F)(F)F)cn1)C2. The third-order valence-corrected chi connectivity index (χ3v) is 6.22. The molecule has 166 valence electrons. The van der Waals surface area contributed by atoms with Crippen LogP contribution in [-0.4, -0.2) is 43.8 Å². The summed E-state index contributed by atoms with van der Waals surface area (Å²) in [6.45, 7) is 0. The molecule has 2 aromatic heterocycles. The normalized spacial score (nSPS) is 22.4. The van der Waals surface area contributed by atoms with Crippen molar-refractivity contribution in [1.82, 2.24) is 19.9 Å². The number of fused-ring (bicyclic) bond motifs is 2. The molecule has 3 unspecified atom stereocenters. The molecule has 0 amide bonds. The number of hydrogen-bond acceptors (Lipinski definition) is 4. The first kappa shape index (κ1) is 20.5. The number of alkyl halides is 3. The van der Waals surface area contributed by atoms with Gasteiger partial charge in [-0.3, -0.25) is 5.41 Å². The zero-order valence-corrected chi connectivity index (χ0v) is 16.8. The number of halogens is 4. The predicted molar refractivity (Wildman–Crippen MR) is 111 cm³/mol. The van der Waals surface area contributed by atoms with E-state index in [4.69, 9.17) is 5.41 Å². The second-order valence-corrected chi connectivity index (χ2v) is 8.07. The Labute approximate surface area is 181 Å². The van der Waals surface area contributed by atoms with E-state index in [9.17, 15) is 17.6 Å². The lowest BCUT2D eigenvalue weighted by molar-refractivity contribution is -0.137. The van der Waals surface area contributed by atoms with Crippen LogP contribution in [0.5, 0.6) is 0 Å². The number of nitrogens with one attached hydrogen (secondary N) is 3. The Morgan fingerprint density at radius 2 is 2.00 bits per heavy atom. The zero-order valence-electron chi connectivity index (χ0n) is 16.8. The number of H-pyrrole nitrogens is 1. The molecule has 3 N–H and O–H groups in total. The van der Waals surface area contributed by atoms with E-state index in [0.29, 0.717) is 17.2 Å². The van der Waals surface area contributed by atoms with Gasteiger partial charge in [-0.2, -0.15) is 13.2 Å². The zero-order chi connectivity index (χ0) is 22.5. The Balaban J connectivity index is 1.38. The van der Waals surface area contributed by atoms with Crippen molar-refractivity contribution in [3.63, 3.8) is 0 Å². The molecule has 3 atom stereocenters. The van der Waals surface area contributed by atoms with Crippen molar-refractivity contribution in [1.29, 1.82) is 5.41 Å². The number of aromatic amines is 1. The lowest BCUT2D eigenvalue weighted by atomic mass is 9.95. The number of aromatic nitrogens is 3. The smallest absolute Gasteiger partial charge is 0.365 e. The fourth-order valence-corrected chi connectivity index (χ4v) is 4.83. The Hall–Kier alpha value is -3.43. The van der Waals surface area contributed by atoms with Crippen molar-refractivity contribution in [2.45, 2.75) is 43.6 Å². The molecule has 2 aliphatic heterocycles. The van der Waals surface area contributed by atoms with Gasteiger partial charge in [-0.05, 0) is 37.5 Å². The summed E-state index contributed by atoms with van der Waals surface area (Å²) < 4.78 is 53.0. The molecule has 2 aliphatic rings. The highest BCUT2D eigenvalue weighted by atomic mass is 19.4. The first-order valence-electron chi connectivity index (χ1n) is 10.3. The van der Waals surface area contributed by atoms with Crippen LogP contribution in [0.4, 0.5) is 23.4 Å². The molecule has 0 spiro atoms. The van der Waals surface area contributed by atoms with Gasteiger partial charge in [0.15, 0.2) is 0 Å². The van der Waals surface area contributed by atoms with E-state index in [2.05, 4.69) is 20.3 Å². The largest absolute Gasteiger partial charge is 0.417 e. The molecule has 1 aromatic carbocycles. The van der Waals surface area contributed by atoms with E-state index < -0.39 is 17.6 Å². The van der Waals surface area contributed by atoms with Crippen LogP contribution in [0.15, 0.2) is 48.9 Å². The Kier molecular flexibility index (Phi) is 4.87. The molecule has 3 aromatic rings. The number of imidazole rings is 1. The second kappa shape index (κ2) is 7.61. The Morgan fingerprint density at radius 3 is 2.69 bits per heavy atom. The summed E-state index contributed by atoms with van der Waals surface area (Å²) in [5.74, 6) is 0.479. The summed E-state index contributed by atoms with van der Waals surface area (Å²) in [6.07, 6.45) is 1.98. The van der Waals surface area contributed by atoms with E-state index in [0.717, 1.165) is 31.5 Å². The molecule has 0 aliphatic carbocycles. The number of amidine groups is 1. The maximum atomic E-state index is 14.7. The van der Waals surface area contributed by atoms with E-state index in [1.807, 2.05) is 4.90 Å². The van der Waals surface area contributed by atoms with Gasteiger partial charge in [0.2, 0.25) is 0 Å². The molecule has 32 heavy (non-hydrogen) atoms. The quantitative estimate of drug-likeness (QED) is 0.310. The highest BCUT2D eigenvalue weighted by molar-refractivity contribution is 6.02. The van der Waals surface area contributed by atoms with Gasteiger partial charge in [0.25, 0.3) is 0 Å². The number of rotatable bonds is 4. The van der Waals surface area contributed by atoms with Crippen molar-refractivity contribution < 1.29 is 17.6 Å². The van der Waals surface area contributed by atoms with Gasteiger partial charge in [0.05, 0.1) is 17.2 Å². The molecule has 0 saturated carbocycles. The molecule has 2 bridgehead atoms. The van der Waals surface area contributed by atoms with Gasteiger partial charge in [-0.1, -0.05) is 12.1 Å². The molecule has 2 fully saturated rings. The third-order valence-electron chi connectivity index (χ3n) is 6.22. The molecular formula is C22H20F4N6. The molecule has 2 saturated heterocycles. The van der Waals surface area contributed by atoms with Crippen LogP contribution >= 0.6 is 0 Å². The molecule has 10 heteroatoms. The fraction of sp³-hybridized carbons (Fsp3) is 0.318. The van der Waals surface area contributed by atoms with Gasteiger partial charge >= 0.3 is 6.18 Å². The molecular weight excluding hydrogens is 424 g/mol. The van der Waals surface area contributed by atoms with Crippen LogP contribution in [0.3, 0.4) is 0 Å². The number of hydrogen-bond donors (Lipinski definition) is 3. The van der Waals surface area contributed by atoms with Gasteiger partial charge in [0, 0.05) is 36.2 Å². The highest BCUT2D eigenvalue weighted by Gasteiger charge is 2.48. The summed E-state index contributed by atoms with van der Waals surface area (Å²) in [4.78, 5) is 13.0. The molecule has 0 radical (unpaired) electrons. The summed E-state index contributed by atoms with van der Waals surface area (Å²) in [7, 11) is 0. The summed E-state index contributed by atoms with van der Waals surface area (Å²) in [5.41, 5.74) is -0.0937. The lowest BCUT2D eigenvalue weighted by Gasteiger charge is -2.28. The van der Waals surface area contributed by atoms with E-state index >= 15 is 0 Å². The Bertz CT molecular complexity index is 1130. The van der Waals surface area contributed by atoms with Crippen molar-refractivity contribution in [3.05, 3.63) is 65.9 Å². The van der Waals surface area contributed by atoms with E-state index in [1.54, 1.807) is 18.3 Å². The van der Waals surface area contributed by atoms with Crippen molar-refractivity contribution in [2.75, 3.05) is 5.32 Å². The average molecular weight is 444 g/mol. The van der Waals surface area contributed by atoms with Gasteiger partial charge in [-0.25, -0.2) is 14.4 Å². The first-order valence-corrected chi connectivity index (χ1v) is 10.3. The summed E-state index contributed by atoms with van der Waals surface area (Å²) >= 11 is 0. The lowest BCUT2D eigenvalue weighted by Crippen LogP contribution is -2.40. The minimum atomic E-state index is -4.43. The molecule has 6 nitrogen and oxygen atoms in total. The monoisotopic (exact) mass is 444 g/mol. The third kappa shape index (κ3) is 3.49. The van der Waals surface area contributed by atoms with E-state index in [-0.39, 0.29) is 29.5 Å². The predicted octanol–water partition coefficient (Wildman–Crippen LogP) is 4.67. The minimum Gasteiger partial charge on any atom is -0.365 e. The van der Waals surface area contributed by atoms with Crippen LogP contribution in [-0.2, 0) is 6.18 Å². The highest BCUT2D eigenvalue weighted by Crippen LogP contribution is 2.41. The average Bonchev–Trinajstić information content (AvgIpc) is 3.49. The minimum absolute atomic E-state index is 0.0377. The van der Waals surface area contributed by atoms with Crippen LogP contribution in [0.25, 0.3) is 11.4 Å². The fourth-order valence-electron chi connectivity index (χ4n) is 4.83. The first-order chi connectivity index (χ1) is 15.3. The van der Waals surface area contributed by atoms with Gasteiger partial charge in [0.1, 0.15) is 23.3 Å². The summed E-state index contributed by atoms with van der Waals surface area (Å²) in [5, 5.41) is 12.1. The standard InChI is InChI=1S/C22H20F4N6/c23-15-3-1-2-14(19(15)21-28-8-9-29-21)20(27)32-13-5-6-17(32)16(10-13)31-18-7-4-12(11-30-18)22(24,25)26/h1-4,7-9,11,13,16-17,27H,5-6,10H2,(H,28,29)(H,30,31). The molecule has 4 heterocycles. The van der Waals surface area contributed by atoms with Crippen molar-refractivity contribution in [3.8, 4) is 11.4 Å². The van der Waals surface area contributed by atoms with Gasteiger partial charge < -0.3 is 15.2 Å². The second-order valence-electron chi connectivity index (χ2n) is 8.07. The van der Waals surface area contributed by atoms with Crippen LogP contribution in [0, 0.1) is 11.2 Å².